The van der Waals surface area contributed by atoms with Gasteiger partial charge in [-0.3, -0.25) is 30.0 Å². The zero-order chi connectivity index (χ0) is 19.4. The van der Waals surface area contributed by atoms with Crippen molar-refractivity contribution < 1.29 is 19.2 Å². The van der Waals surface area contributed by atoms with Crippen molar-refractivity contribution in [2.45, 2.75) is 38.1 Å². The third-order valence-electron chi connectivity index (χ3n) is 4.86. The van der Waals surface area contributed by atoms with Crippen LogP contribution in [0.4, 0.5) is 4.79 Å². The molecule has 5 amide bonds. The second-order valence-electron chi connectivity index (χ2n) is 6.70. The summed E-state index contributed by atoms with van der Waals surface area (Å²) in [6.45, 7) is 3.70. The van der Waals surface area contributed by atoms with E-state index in [1.165, 1.54) is 0 Å². The van der Waals surface area contributed by atoms with Crippen LogP contribution in [0.25, 0.3) is 0 Å². The molecule has 8 nitrogen and oxygen atoms in total. The summed E-state index contributed by atoms with van der Waals surface area (Å²) in [5.41, 5.74) is 5.38. The summed E-state index contributed by atoms with van der Waals surface area (Å²) >= 11 is 0. The molecule has 1 atom stereocenters. The molecule has 1 heterocycles. The number of carbonyl (C=O) groups is 4. The molecule has 2 fully saturated rings. The maximum absolute atomic E-state index is 12.8. The summed E-state index contributed by atoms with van der Waals surface area (Å²) in [6.07, 6.45) is 4.40. The number of rotatable bonds is 5. The minimum atomic E-state index is -1.28. The zero-order valence-corrected chi connectivity index (χ0v) is 14.9. The summed E-state index contributed by atoms with van der Waals surface area (Å²) < 4.78 is 0. The molecule has 0 spiro atoms. The van der Waals surface area contributed by atoms with Gasteiger partial charge in [0, 0.05) is 17.3 Å². The molecular formula is C19H22N4O4. The first-order valence-corrected chi connectivity index (χ1v) is 8.97. The molecular weight excluding hydrogens is 348 g/mol. The predicted molar refractivity (Wildman–Crippen MR) is 96.9 cm³/mol. The molecule has 1 saturated heterocycles. The van der Waals surface area contributed by atoms with Gasteiger partial charge in [0.25, 0.3) is 5.91 Å². The average molecular weight is 370 g/mol. The van der Waals surface area contributed by atoms with Crippen molar-refractivity contribution in [3.8, 4) is 0 Å². The molecule has 2 aliphatic rings. The summed E-state index contributed by atoms with van der Waals surface area (Å²) in [5, 5.41) is 2.22. The second kappa shape index (κ2) is 8.03. The Labute approximate surface area is 157 Å². The molecule has 1 aromatic carbocycles. The molecule has 142 valence electrons. The van der Waals surface area contributed by atoms with Gasteiger partial charge in [0.1, 0.15) is 0 Å². The van der Waals surface area contributed by atoms with Crippen molar-refractivity contribution in [1.82, 2.24) is 21.1 Å². The smallest absolute Gasteiger partial charge is 0.302 e. The van der Waals surface area contributed by atoms with Gasteiger partial charge < -0.3 is 5.43 Å². The normalized spacial score (nSPS) is 20.8. The van der Waals surface area contributed by atoms with Crippen LogP contribution in [0.15, 0.2) is 42.6 Å². The number of nitrogens with zero attached hydrogens (tertiary/aromatic N) is 1. The van der Waals surface area contributed by atoms with E-state index >= 15 is 0 Å². The van der Waals surface area contributed by atoms with Gasteiger partial charge in [-0.05, 0) is 25.0 Å². The summed E-state index contributed by atoms with van der Waals surface area (Å²) in [5.74, 6) is -3.06. The Balaban J connectivity index is 1.67. The van der Waals surface area contributed by atoms with E-state index in [-0.39, 0.29) is 11.7 Å². The van der Waals surface area contributed by atoms with Gasteiger partial charge in [-0.15, -0.1) is 0 Å². The Kier molecular flexibility index (Phi) is 5.54. The molecule has 27 heavy (non-hydrogen) atoms. The van der Waals surface area contributed by atoms with Gasteiger partial charge in [0.2, 0.25) is 11.8 Å². The molecule has 3 rings (SSSR count). The van der Waals surface area contributed by atoms with Crippen LogP contribution in [-0.2, 0) is 9.59 Å². The van der Waals surface area contributed by atoms with E-state index in [4.69, 9.17) is 0 Å². The van der Waals surface area contributed by atoms with Gasteiger partial charge in [-0.1, -0.05) is 44.0 Å². The highest BCUT2D eigenvalue weighted by molar-refractivity contribution is 6.17. The molecule has 1 saturated carbocycles. The number of hydrogen-bond acceptors (Lipinski definition) is 5. The second-order valence-corrected chi connectivity index (χ2v) is 6.70. The number of amides is 5. The van der Waals surface area contributed by atoms with Gasteiger partial charge in [0.05, 0.1) is 0 Å². The predicted octanol–water partition coefficient (Wildman–Crippen LogP) is 1.46. The Morgan fingerprint density at radius 1 is 1.04 bits per heavy atom. The molecule has 1 aliphatic heterocycles. The fourth-order valence-electron chi connectivity index (χ4n) is 3.45. The van der Waals surface area contributed by atoms with Crippen LogP contribution in [-0.4, -0.2) is 34.7 Å². The fraction of sp³-hybridized carbons (Fsp3) is 0.368. The van der Waals surface area contributed by atoms with E-state index in [1.807, 2.05) is 0 Å². The monoisotopic (exact) mass is 370 g/mol. The third-order valence-corrected chi connectivity index (χ3v) is 4.86. The van der Waals surface area contributed by atoms with Crippen molar-refractivity contribution in [2.24, 2.45) is 5.92 Å². The Morgan fingerprint density at radius 2 is 1.70 bits per heavy atom. The number of benzene rings is 1. The molecule has 1 aromatic rings. The third kappa shape index (κ3) is 3.99. The number of nitrogens with one attached hydrogen (secondary N) is 3. The van der Waals surface area contributed by atoms with Crippen LogP contribution in [0.1, 0.15) is 42.5 Å². The largest absolute Gasteiger partial charge is 0.331 e. The van der Waals surface area contributed by atoms with E-state index in [1.54, 1.807) is 30.3 Å². The van der Waals surface area contributed by atoms with Gasteiger partial charge >= 0.3 is 6.03 Å². The minimum Gasteiger partial charge on any atom is -0.302 e. The van der Waals surface area contributed by atoms with Crippen LogP contribution >= 0.6 is 0 Å². The summed E-state index contributed by atoms with van der Waals surface area (Å²) in [6, 6.07) is 7.57. The number of urea groups is 1. The standard InChI is InChI=1S/C19H22N4O4/c1-12(21-22-16(24)13-8-4-2-5-9-13)15-17(25)20-19(27)23(18(15)26)14-10-6-3-7-11-14/h2,4-5,8-9,14-15,21H,1,3,6-7,10-11H2,(H,22,24)(H,20,25,27)/t15-/m1/s1. The van der Waals surface area contributed by atoms with E-state index < -0.39 is 29.7 Å². The van der Waals surface area contributed by atoms with Gasteiger partial charge in [-0.25, -0.2) is 4.79 Å². The van der Waals surface area contributed by atoms with Crippen LogP contribution in [0.5, 0.6) is 0 Å². The first-order chi connectivity index (χ1) is 13.0. The number of hydrogen-bond donors (Lipinski definition) is 3. The molecule has 8 heteroatoms. The van der Waals surface area contributed by atoms with Crippen molar-refractivity contribution in [3.05, 3.63) is 48.2 Å². The van der Waals surface area contributed by atoms with Crippen LogP contribution < -0.4 is 16.2 Å². The van der Waals surface area contributed by atoms with Crippen molar-refractivity contribution in [2.75, 3.05) is 0 Å². The highest BCUT2D eigenvalue weighted by Gasteiger charge is 2.45. The topological polar surface area (TPSA) is 108 Å². The van der Waals surface area contributed by atoms with E-state index in [0.29, 0.717) is 5.56 Å². The van der Waals surface area contributed by atoms with Gasteiger partial charge in [0.15, 0.2) is 5.92 Å². The van der Waals surface area contributed by atoms with Crippen LogP contribution in [0, 0.1) is 5.92 Å². The highest BCUT2D eigenvalue weighted by atomic mass is 16.2. The Bertz CT molecular complexity index is 771. The van der Waals surface area contributed by atoms with E-state index in [2.05, 4.69) is 22.7 Å². The first kappa shape index (κ1) is 18.6. The Hall–Kier alpha value is -3.16. The number of imide groups is 2. The maximum atomic E-state index is 12.8. The molecule has 0 radical (unpaired) electrons. The SMILES string of the molecule is C=C(NNC(=O)c1ccccc1)[C@@H]1C(=O)NC(=O)N(C2CCCCC2)C1=O. The summed E-state index contributed by atoms with van der Waals surface area (Å²) in [7, 11) is 0. The van der Waals surface area contributed by atoms with Crippen LogP contribution in [0.3, 0.4) is 0 Å². The average Bonchev–Trinajstić information content (AvgIpc) is 2.67. The van der Waals surface area contributed by atoms with Crippen LogP contribution in [0.2, 0.25) is 0 Å². The maximum Gasteiger partial charge on any atom is 0.331 e. The molecule has 0 bridgehead atoms. The molecule has 3 N–H and O–H groups in total. The van der Waals surface area contributed by atoms with Crippen molar-refractivity contribution in [1.29, 1.82) is 0 Å². The highest BCUT2D eigenvalue weighted by Crippen LogP contribution is 2.27. The Morgan fingerprint density at radius 3 is 2.37 bits per heavy atom. The van der Waals surface area contributed by atoms with Crippen molar-refractivity contribution >= 4 is 23.8 Å². The molecule has 0 unspecified atom stereocenters. The lowest BCUT2D eigenvalue weighted by Gasteiger charge is -2.37. The fourth-order valence-corrected chi connectivity index (χ4v) is 3.45. The lowest BCUT2D eigenvalue weighted by molar-refractivity contribution is -0.143. The number of hydrazine groups is 1. The first-order valence-electron chi connectivity index (χ1n) is 8.97. The quantitative estimate of drug-likeness (QED) is 0.537. The summed E-state index contributed by atoms with van der Waals surface area (Å²) in [4.78, 5) is 50.5. The zero-order valence-electron chi connectivity index (χ0n) is 14.9. The molecule has 1 aliphatic carbocycles. The minimum absolute atomic E-state index is 0.00934. The number of barbiturate groups is 1. The van der Waals surface area contributed by atoms with E-state index in [0.717, 1.165) is 37.0 Å². The lowest BCUT2D eigenvalue weighted by atomic mass is 9.92. The number of carbonyl (C=O) groups excluding carboxylic acids is 4. The lowest BCUT2D eigenvalue weighted by Crippen LogP contribution is -2.62. The van der Waals surface area contributed by atoms with E-state index in [9.17, 15) is 19.2 Å². The molecule has 0 aromatic heterocycles. The van der Waals surface area contributed by atoms with Gasteiger partial charge in [-0.2, -0.15) is 0 Å². The van der Waals surface area contributed by atoms with Crippen molar-refractivity contribution in [3.63, 3.8) is 0 Å².